The molecule has 0 saturated carbocycles. The Morgan fingerprint density at radius 1 is 1.25 bits per heavy atom. The summed E-state index contributed by atoms with van der Waals surface area (Å²) in [5, 5.41) is 5.27. The molecule has 0 bridgehead atoms. The van der Waals surface area contributed by atoms with E-state index in [0.717, 1.165) is 24.0 Å². The first-order chi connectivity index (χ1) is 11.7. The summed E-state index contributed by atoms with van der Waals surface area (Å²) in [5.41, 5.74) is 1.19. The Labute approximate surface area is 156 Å². The summed E-state index contributed by atoms with van der Waals surface area (Å²) in [6.45, 7) is 2.98. The van der Waals surface area contributed by atoms with Gasteiger partial charge in [-0.15, -0.1) is 11.3 Å². The monoisotopic (exact) mass is 406 g/mol. The van der Waals surface area contributed by atoms with Gasteiger partial charge in [-0.3, -0.25) is 9.69 Å². The number of nitrogens with zero attached hydrogens (tertiary/aromatic N) is 1. The van der Waals surface area contributed by atoms with E-state index >= 15 is 0 Å². The molecule has 1 aliphatic heterocycles. The maximum Gasteiger partial charge on any atom is 0.220 e. The minimum absolute atomic E-state index is 0.135. The number of carbonyl (C=O) groups excluding carboxylic acids is 1. The standard InChI is InChI=1S/C19H23BrN2OS/c20-16-6-3-5-15(13-16)8-9-19(23)21-14-17(18-7-4-12-24-18)22-10-1-2-11-22/h3-7,12-13,17H,1-2,8-11,14H2,(H,21,23). The molecule has 24 heavy (non-hydrogen) atoms. The molecule has 3 nitrogen and oxygen atoms in total. The highest BCUT2D eigenvalue weighted by Gasteiger charge is 2.24. The van der Waals surface area contributed by atoms with Crippen molar-refractivity contribution in [2.24, 2.45) is 0 Å². The van der Waals surface area contributed by atoms with Crippen molar-refractivity contribution in [2.45, 2.75) is 31.7 Å². The average Bonchev–Trinajstić information content (AvgIpc) is 3.27. The lowest BCUT2D eigenvalue weighted by Gasteiger charge is -2.26. The second-order valence-corrected chi connectivity index (χ2v) is 8.10. The topological polar surface area (TPSA) is 32.3 Å². The lowest BCUT2D eigenvalue weighted by molar-refractivity contribution is -0.121. The Morgan fingerprint density at radius 3 is 2.79 bits per heavy atom. The molecule has 1 saturated heterocycles. The summed E-state index contributed by atoms with van der Waals surface area (Å²) >= 11 is 5.26. The maximum absolute atomic E-state index is 12.3. The van der Waals surface area contributed by atoms with Crippen LogP contribution in [-0.4, -0.2) is 30.4 Å². The summed E-state index contributed by atoms with van der Waals surface area (Å²) in [4.78, 5) is 16.1. The number of hydrogen-bond acceptors (Lipinski definition) is 3. The van der Waals surface area contributed by atoms with Crippen LogP contribution in [0.5, 0.6) is 0 Å². The molecule has 3 rings (SSSR count). The number of aryl methyl sites for hydroxylation is 1. The summed E-state index contributed by atoms with van der Waals surface area (Å²) in [5.74, 6) is 0.135. The number of benzene rings is 1. The average molecular weight is 407 g/mol. The molecular formula is C19H23BrN2OS. The second kappa shape index (κ2) is 8.79. The zero-order valence-corrected chi connectivity index (χ0v) is 16.1. The molecule has 5 heteroatoms. The Kier molecular flexibility index (Phi) is 6.46. The van der Waals surface area contributed by atoms with E-state index < -0.39 is 0 Å². The fraction of sp³-hybridized carbons (Fsp3) is 0.421. The number of likely N-dealkylation sites (tertiary alicyclic amines) is 1. The van der Waals surface area contributed by atoms with Crippen LogP contribution in [0.2, 0.25) is 0 Å². The first kappa shape index (κ1) is 17.6. The van der Waals surface area contributed by atoms with Gasteiger partial charge in [0, 0.05) is 22.3 Å². The van der Waals surface area contributed by atoms with Gasteiger partial charge in [-0.2, -0.15) is 0 Å². The van der Waals surface area contributed by atoms with E-state index in [9.17, 15) is 4.79 Å². The van der Waals surface area contributed by atoms with Crippen LogP contribution in [0, 0.1) is 0 Å². The van der Waals surface area contributed by atoms with Crippen LogP contribution >= 0.6 is 27.3 Å². The summed E-state index contributed by atoms with van der Waals surface area (Å²) in [6.07, 6.45) is 3.84. The van der Waals surface area contributed by atoms with Gasteiger partial charge in [-0.25, -0.2) is 0 Å². The van der Waals surface area contributed by atoms with Crippen molar-refractivity contribution in [3.8, 4) is 0 Å². The minimum Gasteiger partial charge on any atom is -0.354 e. The zero-order chi connectivity index (χ0) is 16.8. The van der Waals surface area contributed by atoms with Crippen LogP contribution in [-0.2, 0) is 11.2 Å². The van der Waals surface area contributed by atoms with Gasteiger partial charge in [0.15, 0.2) is 0 Å². The van der Waals surface area contributed by atoms with Gasteiger partial charge in [0.05, 0.1) is 6.04 Å². The van der Waals surface area contributed by atoms with Crippen molar-refractivity contribution >= 4 is 33.2 Å². The van der Waals surface area contributed by atoms with Gasteiger partial charge in [-0.1, -0.05) is 34.1 Å². The second-order valence-electron chi connectivity index (χ2n) is 6.21. The van der Waals surface area contributed by atoms with E-state index in [1.807, 2.05) is 12.1 Å². The highest BCUT2D eigenvalue weighted by molar-refractivity contribution is 9.10. The molecule has 1 amide bonds. The maximum atomic E-state index is 12.3. The van der Waals surface area contributed by atoms with Gasteiger partial charge in [0.2, 0.25) is 5.91 Å². The van der Waals surface area contributed by atoms with E-state index in [2.05, 4.69) is 55.8 Å². The van der Waals surface area contributed by atoms with Gasteiger partial charge in [0.1, 0.15) is 0 Å². The van der Waals surface area contributed by atoms with E-state index in [1.54, 1.807) is 11.3 Å². The molecule has 1 fully saturated rings. The third-order valence-corrected chi connectivity index (χ3v) is 5.94. The van der Waals surface area contributed by atoms with Crippen LogP contribution < -0.4 is 5.32 Å². The molecule has 1 aromatic carbocycles. The number of nitrogens with one attached hydrogen (secondary N) is 1. The number of amides is 1. The Bertz CT molecular complexity index is 653. The smallest absolute Gasteiger partial charge is 0.220 e. The lowest BCUT2D eigenvalue weighted by atomic mass is 10.1. The van der Waals surface area contributed by atoms with Crippen molar-refractivity contribution in [3.63, 3.8) is 0 Å². The normalized spacial score (nSPS) is 16.2. The first-order valence-corrected chi connectivity index (χ1v) is 10.2. The molecule has 1 N–H and O–H groups in total. The van der Waals surface area contributed by atoms with Crippen LogP contribution in [0.15, 0.2) is 46.3 Å². The summed E-state index contributed by atoms with van der Waals surface area (Å²) < 4.78 is 1.06. The molecule has 128 valence electrons. The number of carbonyl (C=O) groups is 1. The summed E-state index contributed by atoms with van der Waals surface area (Å²) in [7, 11) is 0. The third-order valence-electron chi connectivity index (χ3n) is 4.48. The number of halogens is 1. The predicted molar refractivity (Wildman–Crippen MR) is 103 cm³/mol. The van der Waals surface area contributed by atoms with Crippen molar-refractivity contribution in [1.29, 1.82) is 0 Å². The quantitative estimate of drug-likeness (QED) is 0.738. The molecule has 1 unspecified atom stereocenters. The molecular weight excluding hydrogens is 384 g/mol. The molecule has 0 spiro atoms. The SMILES string of the molecule is O=C(CCc1cccc(Br)c1)NCC(c1cccs1)N1CCCC1. The van der Waals surface area contributed by atoms with Crippen LogP contribution in [0.1, 0.15) is 35.7 Å². The minimum atomic E-state index is 0.135. The van der Waals surface area contributed by atoms with E-state index in [4.69, 9.17) is 0 Å². The number of rotatable bonds is 7. The Balaban J connectivity index is 1.51. The first-order valence-electron chi connectivity index (χ1n) is 8.51. The number of hydrogen-bond donors (Lipinski definition) is 1. The van der Waals surface area contributed by atoms with Crippen LogP contribution in [0.4, 0.5) is 0 Å². The van der Waals surface area contributed by atoms with Gasteiger partial charge < -0.3 is 5.32 Å². The van der Waals surface area contributed by atoms with E-state index in [1.165, 1.54) is 23.3 Å². The molecule has 2 heterocycles. The van der Waals surface area contributed by atoms with Crippen molar-refractivity contribution < 1.29 is 4.79 Å². The Hall–Kier alpha value is -1.17. The lowest BCUT2D eigenvalue weighted by Crippen LogP contribution is -2.36. The van der Waals surface area contributed by atoms with Crippen LogP contribution in [0.25, 0.3) is 0 Å². The van der Waals surface area contributed by atoms with Crippen molar-refractivity contribution in [3.05, 3.63) is 56.7 Å². The van der Waals surface area contributed by atoms with Gasteiger partial charge in [-0.05, 0) is 61.5 Å². The molecule has 1 aromatic heterocycles. The summed E-state index contributed by atoms with van der Waals surface area (Å²) in [6, 6.07) is 12.8. The van der Waals surface area contributed by atoms with E-state index in [0.29, 0.717) is 19.0 Å². The highest BCUT2D eigenvalue weighted by atomic mass is 79.9. The third kappa shape index (κ3) is 4.91. The largest absolute Gasteiger partial charge is 0.354 e. The van der Waals surface area contributed by atoms with Crippen molar-refractivity contribution in [2.75, 3.05) is 19.6 Å². The molecule has 0 radical (unpaired) electrons. The zero-order valence-electron chi connectivity index (χ0n) is 13.7. The fourth-order valence-electron chi connectivity index (χ4n) is 3.19. The molecule has 0 aliphatic carbocycles. The van der Waals surface area contributed by atoms with Gasteiger partial charge >= 0.3 is 0 Å². The molecule has 2 aromatic rings. The van der Waals surface area contributed by atoms with E-state index in [-0.39, 0.29) is 5.91 Å². The van der Waals surface area contributed by atoms with Gasteiger partial charge in [0.25, 0.3) is 0 Å². The van der Waals surface area contributed by atoms with Crippen LogP contribution in [0.3, 0.4) is 0 Å². The predicted octanol–water partition coefficient (Wildman–Crippen LogP) is 4.40. The van der Waals surface area contributed by atoms with Crippen molar-refractivity contribution in [1.82, 2.24) is 10.2 Å². The molecule has 1 atom stereocenters. The Morgan fingerprint density at radius 2 is 2.08 bits per heavy atom. The molecule has 1 aliphatic rings. The number of thiophene rings is 1. The highest BCUT2D eigenvalue weighted by Crippen LogP contribution is 2.27. The fourth-order valence-corrected chi connectivity index (χ4v) is 4.50.